The largest absolute Gasteiger partial charge is 0.326 e. The summed E-state index contributed by atoms with van der Waals surface area (Å²) in [6.45, 7) is 4.31. The Hall–Kier alpha value is -2.13. The average Bonchev–Trinajstić information content (AvgIpc) is 2.97. The smallest absolute Gasteiger partial charge is 0.0961 e. The second-order valence-corrected chi connectivity index (χ2v) is 5.50. The number of nitrogens with two attached hydrogens (primary N) is 1. The number of rotatable bonds is 4. The summed E-state index contributed by atoms with van der Waals surface area (Å²) in [6, 6.07) is 16.9. The van der Waals surface area contributed by atoms with Gasteiger partial charge in [-0.2, -0.15) is 0 Å². The molecule has 3 rings (SSSR count). The molecule has 1 aromatic heterocycles. The van der Waals surface area contributed by atoms with Gasteiger partial charge in [-0.25, -0.2) is 4.98 Å². The maximum atomic E-state index is 6.46. The van der Waals surface area contributed by atoms with Crippen LogP contribution in [0.3, 0.4) is 0 Å². The van der Waals surface area contributed by atoms with Crippen molar-refractivity contribution >= 4 is 11.0 Å². The SMILES string of the molecule is CCc1ccc(C(N)C(C)n2cnc3ccccc32)cc1. The van der Waals surface area contributed by atoms with Crippen LogP contribution in [0.2, 0.25) is 0 Å². The Bertz CT molecular complexity index is 728. The van der Waals surface area contributed by atoms with Crippen LogP contribution in [0.4, 0.5) is 0 Å². The van der Waals surface area contributed by atoms with Crippen molar-refractivity contribution in [2.24, 2.45) is 5.73 Å². The number of aromatic nitrogens is 2. The summed E-state index contributed by atoms with van der Waals surface area (Å²) in [5, 5.41) is 0. The minimum Gasteiger partial charge on any atom is -0.326 e. The molecule has 2 unspecified atom stereocenters. The van der Waals surface area contributed by atoms with Crippen LogP contribution in [0.5, 0.6) is 0 Å². The van der Waals surface area contributed by atoms with Crippen molar-refractivity contribution < 1.29 is 0 Å². The lowest BCUT2D eigenvalue weighted by Gasteiger charge is -2.22. The number of imidazole rings is 1. The van der Waals surface area contributed by atoms with E-state index in [-0.39, 0.29) is 12.1 Å². The Balaban J connectivity index is 1.91. The fourth-order valence-corrected chi connectivity index (χ4v) is 2.73. The Labute approximate surface area is 125 Å². The summed E-state index contributed by atoms with van der Waals surface area (Å²) in [6.07, 6.45) is 2.94. The first-order chi connectivity index (χ1) is 10.2. The van der Waals surface area contributed by atoms with E-state index in [2.05, 4.69) is 53.7 Å². The molecule has 2 atom stereocenters. The molecule has 0 bridgehead atoms. The van der Waals surface area contributed by atoms with E-state index in [9.17, 15) is 0 Å². The number of benzene rings is 2. The lowest BCUT2D eigenvalue weighted by Crippen LogP contribution is -2.22. The van der Waals surface area contributed by atoms with E-state index >= 15 is 0 Å². The normalized spacial score (nSPS) is 14.2. The van der Waals surface area contributed by atoms with E-state index in [1.165, 1.54) is 5.56 Å². The van der Waals surface area contributed by atoms with Crippen LogP contribution in [0.15, 0.2) is 54.9 Å². The number of fused-ring (bicyclic) bond motifs is 1. The topological polar surface area (TPSA) is 43.8 Å². The molecule has 108 valence electrons. The average molecular weight is 279 g/mol. The molecule has 0 amide bonds. The Morgan fingerprint density at radius 2 is 1.81 bits per heavy atom. The highest BCUT2D eigenvalue weighted by Gasteiger charge is 2.18. The van der Waals surface area contributed by atoms with Gasteiger partial charge in [-0.15, -0.1) is 0 Å². The monoisotopic (exact) mass is 279 g/mol. The Morgan fingerprint density at radius 1 is 1.10 bits per heavy atom. The number of aryl methyl sites for hydroxylation is 1. The van der Waals surface area contributed by atoms with Crippen LogP contribution < -0.4 is 5.73 Å². The Kier molecular flexibility index (Phi) is 3.76. The summed E-state index contributed by atoms with van der Waals surface area (Å²) in [4.78, 5) is 4.45. The lowest BCUT2D eigenvalue weighted by molar-refractivity contribution is 0.463. The van der Waals surface area contributed by atoms with Gasteiger partial charge in [0.05, 0.1) is 29.4 Å². The molecule has 2 N–H and O–H groups in total. The van der Waals surface area contributed by atoms with Crippen LogP contribution in [0, 0.1) is 0 Å². The molecular weight excluding hydrogens is 258 g/mol. The minimum absolute atomic E-state index is 0.0477. The molecule has 0 saturated carbocycles. The van der Waals surface area contributed by atoms with Crippen LogP contribution >= 0.6 is 0 Å². The number of hydrogen-bond acceptors (Lipinski definition) is 2. The third-order valence-corrected chi connectivity index (χ3v) is 4.21. The molecule has 0 aliphatic rings. The van der Waals surface area contributed by atoms with Crippen molar-refractivity contribution in [1.29, 1.82) is 0 Å². The van der Waals surface area contributed by atoms with Crippen molar-refractivity contribution in [3.63, 3.8) is 0 Å². The maximum absolute atomic E-state index is 6.46. The van der Waals surface area contributed by atoms with Crippen molar-refractivity contribution in [3.8, 4) is 0 Å². The molecule has 3 heteroatoms. The Morgan fingerprint density at radius 3 is 2.52 bits per heavy atom. The summed E-state index contributed by atoms with van der Waals surface area (Å²) in [5.74, 6) is 0. The molecule has 0 saturated heterocycles. The lowest BCUT2D eigenvalue weighted by atomic mass is 9.99. The number of hydrogen-bond donors (Lipinski definition) is 1. The van der Waals surface area contributed by atoms with E-state index in [1.807, 2.05) is 24.5 Å². The van der Waals surface area contributed by atoms with Gasteiger partial charge in [0, 0.05) is 0 Å². The van der Waals surface area contributed by atoms with Crippen molar-refractivity contribution in [2.75, 3.05) is 0 Å². The van der Waals surface area contributed by atoms with Crippen LogP contribution in [0.25, 0.3) is 11.0 Å². The highest BCUT2D eigenvalue weighted by atomic mass is 15.1. The molecule has 1 heterocycles. The van der Waals surface area contributed by atoms with Gasteiger partial charge < -0.3 is 10.3 Å². The molecule has 3 aromatic rings. The molecule has 21 heavy (non-hydrogen) atoms. The van der Waals surface area contributed by atoms with Gasteiger partial charge in [0.1, 0.15) is 0 Å². The molecule has 2 aromatic carbocycles. The van der Waals surface area contributed by atoms with Gasteiger partial charge in [-0.3, -0.25) is 0 Å². The molecular formula is C18H21N3. The number of para-hydroxylation sites is 2. The molecule has 3 nitrogen and oxygen atoms in total. The second-order valence-electron chi connectivity index (χ2n) is 5.50. The minimum atomic E-state index is -0.0477. The zero-order valence-electron chi connectivity index (χ0n) is 12.5. The van der Waals surface area contributed by atoms with Crippen LogP contribution in [-0.2, 0) is 6.42 Å². The molecule has 0 fully saturated rings. The van der Waals surface area contributed by atoms with Gasteiger partial charge >= 0.3 is 0 Å². The standard InChI is InChI=1S/C18H21N3/c1-3-14-8-10-15(11-9-14)18(19)13(2)21-12-20-16-6-4-5-7-17(16)21/h4-13,18H,3,19H2,1-2H3. The fraction of sp³-hybridized carbons (Fsp3) is 0.278. The van der Waals surface area contributed by atoms with Crippen molar-refractivity contribution in [1.82, 2.24) is 9.55 Å². The molecule has 0 aliphatic carbocycles. The molecule has 0 radical (unpaired) electrons. The van der Waals surface area contributed by atoms with E-state index in [4.69, 9.17) is 5.73 Å². The van der Waals surface area contributed by atoms with Crippen molar-refractivity contribution in [2.45, 2.75) is 32.4 Å². The zero-order valence-corrected chi connectivity index (χ0v) is 12.5. The summed E-state index contributed by atoms with van der Waals surface area (Å²) >= 11 is 0. The first-order valence-corrected chi connectivity index (χ1v) is 7.46. The predicted molar refractivity (Wildman–Crippen MR) is 87.2 cm³/mol. The van der Waals surface area contributed by atoms with Gasteiger partial charge in [0.15, 0.2) is 0 Å². The summed E-state index contributed by atoms with van der Waals surface area (Å²) in [7, 11) is 0. The van der Waals surface area contributed by atoms with Gasteiger partial charge in [0.25, 0.3) is 0 Å². The first-order valence-electron chi connectivity index (χ1n) is 7.46. The summed E-state index contributed by atoms with van der Waals surface area (Å²) in [5.41, 5.74) is 11.1. The third-order valence-electron chi connectivity index (χ3n) is 4.21. The van der Waals surface area contributed by atoms with E-state index in [0.717, 1.165) is 23.0 Å². The van der Waals surface area contributed by atoms with Crippen LogP contribution in [0.1, 0.15) is 37.1 Å². The maximum Gasteiger partial charge on any atom is 0.0961 e. The van der Waals surface area contributed by atoms with Gasteiger partial charge in [0.2, 0.25) is 0 Å². The van der Waals surface area contributed by atoms with E-state index in [0.29, 0.717) is 0 Å². The second kappa shape index (κ2) is 5.70. The first kappa shape index (κ1) is 13.8. The van der Waals surface area contributed by atoms with Crippen LogP contribution in [-0.4, -0.2) is 9.55 Å². The van der Waals surface area contributed by atoms with Crippen molar-refractivity contribution in [3.05, 3.63) is 66.0 Å². The molecule has 0 aliphatic heterocycles. The van der Waals surface area contributed by atoms with Gasteiger partial charge in [-0.1, -0.05) is 43.3 Å². The predicted octanol–water partition coefficient (Wildman–Crippen LogP) is 3.86. The third kappa shape index (κ3) is 2.57. The van der Waals surface area contributed by atoms with E-state index < -0.39 is 0 Å². The summed E-state index contributed by atoms with van der Waals surface area (Å²) < 4.78 is 2.16. The fourth-order valence-electron chi connectivity index (χ4n) is 2.73. The zero-order chi connectivity index (χ0) is 14.8. The quantitative estimate of drug-likeness (QED) is 0.788. The van der Waals surface area contributed by atoms with Gasteiger partial charge in [-0.05, 0) is 36.6 Å². The molecule has 0 spiro atoms. The van der Waals surface area contributed by atoms with E-state index in [1.54, 1.807) is 0 Å². The highest BCUT2D eigenvalue weighted by molar-refractivity contribution is 5.75. The number of nitrogens with zero attached hydrogens (tertiary/aromatic N) is 2. The highest BCUT2D eigenvalue weighted by Crippen LogP contribution is 2.27.